The molecule has 1 aliphatic rings. The Morgan fingerprint density at radius 2 is 2.17 bits per heavy atom. The molecule has 0 spiro atoms. The molecule has 1 heterocycles. The molecule has 5 nitrogen and oxygen atoms in total. The predicted octanol–water partition coefficient (Wildman–Crippen LogP) is 4.22. The van der Waals surface area contributed by atoms with Gasteiger partial charge in [-0.25, -0.2) is 4.79 Å². The topological polar surface area (TPSA) is 54.5 Å². The summed E-state index contributed by atoms with van der Waals surface area (Å²) in [5.74, 6) is 0.916. The van der Waals surface area contributed by atoms with E-state index in [1.807, 2.05) is 27.7 Å². The van der Waals surface area contributed by atoms with Crippen molar-refractivity contribution in [2.24, 2.45) is 11.8 Å². The molecule has 24 heavy (non-hydrogen) atoms. The maximum atomic E-state index is 12.2. The monoisotopic (exact) mass is 353 g/mol. The van der Waals surface area contributed by atoms with Crippen LogP contribution < -0.4 is 10.2 Å². The van der Waals surface area contributed by atoms with Crippen LogP contribution in [0.3, 0.4) is 0 Å². The van der Waals surface area contributed by atoms with Crippen LogP contribution in [0.1, 0.15) is 53.2 Å². The van der Waals surface area contributed by atoms with E-state index in [2.05, 4.69) is 34.5 Å². The Hall–Kier alpha value is -1.30. The number of nitrogens with one attached hydrogen (secondary N) is 1. The molecule has 1 N–H and O–H groups in total. The van der Waals surface area contributed by atoms with E-state index < -0.39 is 5.60 Å². The largest absolute Gasteiger partial charge is 0.444 e. The first-order chi connectivity index (χ1) is 11.2. The van der Waals surface area contributed by atoms with Crippen molar-refractivity contribution in [1.82, 2.24) is 9.69 Å². The summed E-state index contributed by atoms with van der Waals surface area (Å²) in [6.07, 6.45) is 1.98. The summed E-state index contributed by atoms with van der Waals surface area (Å²) in [6, 6.07) is 2.31. The van der Waals surface area contributed by atoms with Gasteiger partial charge in [-0.3, -0.25) is 0 Å². The van der Waals surface area contributed by atoms with Crippen LogP contribution in [0.25, 0.3) is 0 Å². The van der Waals surface area contributed by atoms with Crippen molar-refractivity contribution in [3.8, 4) is 0 Å². The molecular formula is C18H31N3O2S. The molecule has 1 aliphatic carbocycles. The van der Waals surface area contributed by atoms with Crippen molar-refractivity contribution < 1.29 is 9.53 Å². The number of ether oxygens (including phenoxy) is 1. The highest BCUT2D eigenvalue weighted by molar-refractivity contribution is 7.10. The second-order valence-corrected chi connectivity index (χ2v) is 8.62. The summed E-state index contributed by atoms with van der Waals surface area (Å²) in [5, 5.41) is 4.33. The van der Waals surface area contributed by atoms with Gasteiger partial charge < -0.3 is 15.0 Å². The minimum absolute atomic E-state index is 0.169. The second kappa shape index (κ2) is 7.72. The molecule has 0 saturated heterocycles. The lowest BCUT2D eigenvalue weighted by Gasteiger charge is -2.30. The van der Waals surface area contributed by atoms with Crippen LogP contribution in [-0.4, -0.2) is 35.2 Å². The van der Waals surface area contributed by atoms with Crippen molar-refractivity contribution in [2.45, 2.75) is 66.0 Å². The van der Waals surface area contributed by atoms with Gasteiger partial charge in [-0.2, -0.15) is 4.37 Å². The minimum Gasteiger partial charge on any atom is -0.444 e. The maximum Gasteiger partial charge on any atom is 0.407 e. The average Bonchev–Trinajstić information content (AvgIpc) is 3.02. The molecule has 3 atom stereocenters. The van der Waals surface area contributed by atoms with Crippen LogP contribution in [0, 0.1) is 18.8 Å². The van der Waals surface area contributed by atoms with Gasteiger partial charge >= 0.3 is 6.09 Å². The molecule has 0 unspecified atom stereocenters. The van der Waals surface area contributed by atoms with Gasteiger partial charge in [-0.15, -0.1) is 0 Å². The molecule has 1 amide bonds. The number of aryl methyl sites for hydroxylation is 1. The summed E-state index contributed by atoms with van der Waals surface area (Å²) in [5.41, 5.74) is 0.605. The highest BCUT2D eigenvalue weighted by atomic mass is 32.1. The predicted molar refractivity (Wildman–Crippen MR) is 99.8 cm³/mol. The molecule has 0 aromatic carbocycles. The number of hydrogen-bond donors (Lipinski definition) is 1. The number of nitrogens with zero attached hydrogens (tertiary/aromatic N) is 2. The fourth-order valence-electron chi connectivity index (χ4n) is 3.37. The molecular weight excluding hydrogens is 322 g/mol. The third-order valence-corrected chi connectivity index (χ3v) is 5.50. The van der Waals surface area contributed by atoms with E-state index in [1.165, 1.54) is 5.00 Å². The zero-order valence-corrected chi connectivity index (χ0v) is 16.6. The molecule has 136 valence electrons. The zero-order chi connectivity index (χ0) is 17.9. The average molecular weight is 354 g/mol. The van der Waals surface area contributed by atoms with E-state index in [1.54, 1.807) is 11.5 Å². The van der Waals surface area contributed by atoms with E-state index in [0.717, 1.165) is 31.6 Å². The van der Waals surface area contributed by atoms with E-state index in [-0.39, 0.29) is 12.1 Å². The van der Waals surface area contributed by atoms with Crippen LogP contribution in [0.2, 0.25) is 0 Å². The van der Waals surface area contributed by atoms with Crippen molar-refractivity contribution in [3.05, 3.63) is 11.8 Å². The molecule has 2 rings (SSSR count). The van der Waals surface area contributed by atoms with Crippen LogP contribution in [0.15, 0.2) is 6.07 Å². The summed E-state index contributed by atoms with van der Waals surface area (Å²) in [4.78, 5) is 14.6. The third-order valence-electron chi connectivity index (χ3n) is 4.56. The highest BCUT2D eigenvalue weighted by Crippen LogP contribution is 2.33. The Balaban J connectivity index is 2.01. The van der Waals surface area contributed by atoms with Crippen LogP contribution in [0.4, 0.5) is 9.80 Å². The lowest BCUT2D eigenvalue weighted by Crippen LogP contribution is -2.46. The summed E-state index contributed by atoms with van der Waals surface area (Å²) in [7, 11) is 0. The van der Waals surface area contributed by atoms with Crippen LogP contribution >= 0.6 is 11.5 Å². The Morgan fingerprint density at radius 3 is 2.71 bits per heavy atom. The smallest absolute Gasteiger partial charge is 0.407 e. The quantitative estimate of drug-likeness (QED) is 0.861. The van der Waals surface area contributed by atoms with Crippen molar-refractivity contribution in [3.63, 3.8) is 0 Å². The summed E-state index contributed by atoms with van der Waals surface area (Å²) < 4.78 is 9.84. The first-order valence-electron chi connectivity index (χ1n) is 8.87. The number of carbonyl (C=O) groups excluding carboxylic acids is 1. The van der Waals surface area contributed by atoms with E-state index in [0.29, 0.717) is 11.8 Å². The summed E-state index contributed by atoms with van der Waals surface area (Å²) >= 11 is 1.55. The Bertz CT molecular complexity index is 553. The standard InChI is InChI=1S/C18H31N3O2S/c1-7-21(15-10-13(3)20-24-15)11-14-9-8-12(2)16(14)19-17(22)23-18(4,5)6/h10,12,14,16H,7-9,11H2,1-6H3,(H,19,22)/t12-,14-,16+/m0/s1. The van der Waals surface area contributed by atoms with Gasteiger partial charge in [-0.05, 0) is 76.9 Å². The third kappa shape index (κ3) is 5.10. The van der Waals surface area contributed by atoms with Crippen LogP contribution in [-0.2, 0) is 4.74 Å². The molecule has 0 bridgehead atoms. The summed E-state index contributed by atoms with van der Waals surface area (Å²) in [6.45, 7) is 14.0. The second-order valence-electron chi connectivity index (χ2n) is 7.83. The van der Waals surface area contributed by atoms with E-state index in [9.17, 15) is 4.79 Å². The number of alkyl carbamates (subject to hydrolysis) is 1. The molecule has 1 aromatic rings. The van der Waals surface area contributed by atoms with Gasteiger partial charge in [-0.1, -0.05) is 6.92 Å². The SMILES string of the molecule is CCN(C[C@@H]1CC[C@H](C)[C@H]1NC(=O)OC(C)(C)C)c1cc(C)ns1. The maximum absolute atomic E-state index is 12.2. The molecule has 1 saturated carbocycles. The van der Waals surface area contributed by atoms with Gasteiger partial charge in [0.15, 0.2) is 0 Å². The van der Waals surface area contributed by atoms with Crippen molar-refractivity contribution in [2.75, 3.05) is 18.0 Å². The number of carbonyl (C=O) groups is 1. The molecule has 0 radical (unpaired) electrons. The Morgan fingerprint density at radius 1 is 1.46 bits per heavy atom. The van der Waals surface area contributed by atoms with E-state index in [4.69, 9.17) is 4.74 Å². The number of aromatic nitrogens is 1. The Labute approximate surface area is 149 Å². The van der Waals surface area contributed by atoms with Gasteiger partial charge in [0.1, 0.15) is 10.6 Å². The molecule has 1 fully saturated rings. The highest BCUT2D eigenvalue weighted by Gasteiger charge is 2.36. The van der Waals surface area contributed by atoms with Crippen molar-refractivity contribution >= 4 is 22.6 Å². The number of hydrogen-bond acceptors (Lipinski definition) is 5. The normalized spacial score (nSPS) is 24.0. The fraction of sp³-hybridized carbons (Fsp3) is 0.778. The minimum atomic E-state index is -0.461. The van der Waals surface area contributed by atoms with Crippen LogP contribution in [0.5, 0.6) is 0 Å². The van der Waals surface area contributed by atoms with Gasteiger partial charge in [0.25, 0.3) is 0 Å². The number of rotatable bonds is 5. The first-order valence-corrected chi connectivity index (χ1v) is 9.64. The van der Waals surface area contributed by atoms with Gasteiger partial charge in [0.2, 0.25) is 0 Å². The number of amides is 1. The van der Waals surface area contributed by atoms with Crippen molar-refractivity contribution in [1.29, 1.82) is 0 Å². The Kier molecular flexibility index (Phi) is 6.12. The lowest BCUT2D eigenvalue weighted by molar-refractivity contribution is 0.0481. The fourth-order valence-corrected chi connectivity index (χ4v) is 4.20. The molecule has 6 heteroatoms. The molecule has 1 aromatic heterocycles. The zero-order valence-electron chi connectivity index (χ0n) is 15.8. The first kappa shape index (κ1) is 19.0. The van der Waals surface area contributed by atoms with E-state index >= 15 is 0 Å². The lowest BCUT2D eigenvalue weighted by atomic mass is 9.98. The van der Waals surface area contributed by atoms with Gasteiger partial charge in [0.05, 0.1) is 5.69 Å². The van der Waals surface area contributed by atoms with Gasteiger partial charge in [0, 0.05) is 19.1 Å². The molecule has 0 aliphatic heterocycles. The number of anilines is 1.